The molecule has 0 fully saturated rings. The summed E-state index contributed by atoms with van der Waals surface area (Å²) in [7, 11) is 0.105. The van der Waals surface area contributed by atoms with Gasteiger partial charge < -0.3 is 4.90 Å². The van der Waals surface area contributed by atoms with Gasteiger partial charge >= 0.3 is 0 Å². The largest absolute Gasteiger partial charge is 0.371 e. The second-order valence-electron chi connectivity index (χ2n) is 6.59. The highest BCUT2D eigenvalue weighted by Crippen LogP contribution is 2.30. The van der Waals surface area contributed by atoms with Crippen molar-refractivity contribution < 1.29 is 8.42 Å². The smallest absolute Gasteiger partial charge is 0.213 e. The van der Waals surface area contributed by atoms with E-state index in [1.807, 2.05) is 0 Å². The van der Waals surface area contributed by atoms with Crippen LogP contribution in [0.5, 0.6) is 0 Å². The van der Waals surface area contributed by atoms with Crippen molar-refractivity contribution in [3.8, 4) is 0 Å². The number of fused-ring (bicyclic) bond motifs is 1. The van der Waals surface area contributed by atoms with Gasteiger partial charge in [0, 0.05) is 32.9 Å². The fourth-order valence-electron chi connectivity index (χ4n) is 2.91. The molecule has 0 aromatic heterocycles. The van der Waals surface area contributed by atoms with E-state index in [1.54, 1.807) is 14.1 Å². The minimum atomic E-state index is -3.09. The van der Waals surface area contributed by atoms with Gasteiger partial charge in [-0.3, -0.25) is 0 Å². The third-order valence-electron chi connectivity index (χ3n) is 4.37. The summed E-state index contributed by atoms with van der Waals surface area (Å²) in [6, 6.07) is 6.74. The molecule has 4 nitrogen and oxygen atoms in total. The predicted octanol–water partition coefficient (Wildman–Crippen LogP) is 2.84. The average molecular weight is 324 g/mol. The first-order valence-electron chi connectivity index (χ1n) is 8.09. The Labute approximate surface area is 135 Å². The first-order chi connectivity index (χ1) is 10.3. The van der Waals surface area contributed by atoms with E-state index in [2.05, 4.69) is 36.9 Å². The van der Waals surface area contributed by atoms with Gasteiger partial charge in [-0.05, 0) is 42.4 Å². The van der Waals surface area contributed by atoms with Crippen molar-refractivity contribution in [3.05, 3.63) is 29.3 Å². The van der Waals surface area contributed by atoms with E-state index in [4.69, 9.17) is 0 Å². The van der Waals surface area contributed by atoms with Crippen molar-refractivity contribution in [1.29, 1.82) is 0 Å². The summed E-state index contributed by atoms with van der Waals surface area (Å²) in [5.74, 6) is 0.765. The molecule has 0 saturated heterocycles. The van der Waals surface area contributed by atoms with Gasteiger partial charge in [0.15, 0.2) is 0 Å². The summed E-state index contributed by atoms with van der Waals surface area (Å²) in [6.07, 6.45) is 2.95. The fraction of sp³-hybridized carbons (Fsp3) is 0.647. The highest BCUT2D eigenvalue weighted by atomic mass is 32.2. The Hall–Kier alpha value is -1.07. The molecule has 124 valence electrons. The van der Waals surface area contributed by atoms with Crippen LogP contribution in [0.25, 0.3) is 0 Å². The van der Waals surface area contributed by atoms with E-state index < -0.39 is 10.0 Å². The van der Waals surface area contributed by atoms with Crippen molar-refractivity contribution in [2.45, 2.75) is 39.0 Å². The minimum absolute atomic E-state index is 0.218. The number of hydrogen-bond acceptors (Lipinski definition) is 3. The molecule has 0 saturated carbocycles. The van der Waals surface area contributed by atoms with Crippen molar-refractivity contribution >= 4 is 15.7 Å². The maximum atomic E-state index is 11.8. The zero-order valence-corrected chi connectivity index (χ0v) is 15.0. The van der Waals surface area contributed by atoms with Crippen LogP contribution in [0.4, 0.5) is 5.69 Å². The zero-order valence-electron chi connectivity index (χ0n) is 14.2. The van der Waals surface area contributed by atoms with Crippen LogP contribution in [-0.2, 0) is 16.4 Å². The number of rotatable bonds is 6. The molecule has 1 aromatic rings. The van der Waals surface area contributed by atoms with E-state index in [0.717, 1.165) is 25.9 Å². The van der Waals surface area contributed by atoms with E-state index in [-0.39, 0.29) is 5.75 Å². The Morgan fingerprint density at radius 2 is 2.00 bits per heavy atom. The number of aryl methyl sites for hydroxylation is 1. The van der Waals surface area contributed by atoms with E-state index >= 15 is 0 Å². The molecule has 0 N–H and O–H groups in total. The molecule has 1 aliphatic rings. The van der Waals surface area contributed by atoms with Crippen molar-refractivity contribution in [3.63, 3.8) is 0 Å². The minimum Gasteiger partial charge on any atom is -0.371 e. The first kappa shape index (κ1) is 17.3. The predicted molar refractivity (Wildman–Crippen MR) is 93.2 cm³/mol. The van der Waals surface area contributed by atoms with Gasteiger partial charge in [-0.15, -0.1) is 0 Å². The van der Waals surface area contributed by atoms with E-state index in [0.29, 0.717) is 12.3 Å². The van der Waals surface area contributed by atoms with Gasteiger partial charge in [-0.25, -0.2) is 12.7 Å². The fourth-order valence-corrected chi connectivity index (χ4v) is 3.77. The summed E-state index contributed by atoms with van der Waals surface area (Å²) >= 11 is 0. The van der Waals surface area contributed by atoms with Crippen LogP contribution in [0.2, 0.25) is 0 Å². The monoisotopic (exact) mass is 324 g/mol. The summed E-state index contributed by atoms with van der Waals surface area (Å²) in [4.78, 5) is 2.34. The Morgan fingerprint density at radius 1 is 1.27 bits per heavy atom. The van der Waals surface area contributed by atoms with Crippen LogP contribution in [0.3, 0.4) is 0 Å². The number of sulfonamides is 1. The molecule has 22 heavy (non-hydrogen) atoms. The quantitative estimate of drug-likeness (QED) is 0.808. The summed E-state index contributed by atoms with van der Waals surface area (Å²) in [6.45, 7) is 6.26. The lowest BCUT2D eigenvalue weighted by Crippen LogP contribution is -2.33. The highest BCUT2D eigenvalue weighted by Gasteiger charge is 2.19. The van der Waals surface area contributed by atoms with Crippen LogP contribution in [0.15, 0.2) is 18.2 Å². The van der Waals surface area contributed by atoms with Gasteiger partial charge in [0.1, 0.15) is 0 Å². The average Bonchev–Trinajstić information content (AvgIpc) is 2.46. The first-order valence-corrected chi connectivity index (χ1v) is 9.70. The molecule has 0 spiro atoms. The number of anilines is 1. The molecule has 1 heterocycles. The van der Waals surface area contributed by atoms with Crippen LogP contribution in [-0.4, -0.2) is 45.7 Å². The lowest BCUT2D eigenvalue weighted by molar-refractivity contribution is 0.517. The maximum Gasteiger partial charge on any atom is 0.213 e. The Kier molecular flexibility index (Phi) is 5.50. The molecular formula is C17H28N2O2S. The third kappa shape index (κ3) is 4.02. The Morgan fingerprint density at radius 3 is 2.64 bits per heavy atom. The molecule has 0 amide bonds. The van der Waals surface area contributed by atoms with Gasteiger partial charge in [0.25, 0.3) is 0 Å². The highest BCUT2D eigenvalue weighted by molar-refractivity contribution is 7.89. The van der Waals surface area contributed by atoms with Crippen molar-refractivity contribution in [1.82, 2.24) is 4.31 Å². The van der Waals surface area contributed by atoms with Gasteiger partial charge in [-0.2, -0.15) is 0 Å². The number of nitrogens with zero attached hydrogens (tertiary/aromatic N) is 2. The topological polar surface area (TPSA) is 40.6 Å². The summed E-state index contributed by atoms with van der Waals surface area (Å²) < 4.78 is 25.0. The van der Waals surface area contributed by atoms with Gasteiger partial charge in [-0.1, -0.05) is 26.0 Å². The van der Waals surface area contributed by atoms with Crippen molar-refractivity contribution in [2.24, 2.45) is 0 Å². The lowest BCUT2D eigenvalue weighted by atomic mass is 9.95. The Balaban J connectivity index is 2.04. The van der Waals surface area contributed by atoms with E-state index in [1.165, 1.54) is 21.1 Å². The molecule has 1 aliphatic heterocycles. The summed E-state index contributed by atoms with van der Waals surface area (Å²) in [5.41, 5.74) is 4.08. The number of benzene rings is 1. The zero-order chi connectivity index (χ0) is 16.3. The maximum absolute atomic E-state index is 11.8. The van der Waals surface area contributed by atoms with Gasteiger partial charge in [0.05, 0.1) is 5.75 Å². The molecule has 0 radical (unpaired) electrons. The molecular weight excluding hydrogens is 296 g/mol. The number of hydrogen-bond donors (Lipinski definition) is 0. The molecule has 0 unspecified atom stereocenters. The van der Waals surface area contributed by atoms with Crippen LogP contribution >= 0.6 is 0 Å². The second kappa shape index (κ2) is 7.01. The molecule has 1 aromatic carbocycles. The molecule has 0 bridgehead atoms. The third-order valence-corrected chi connectivity index (χ3v) is 6.29. The van der Waals surface area contributed by atoms with E-state index in [9.17, 15) is 8.42 Å². The van der Waals surface area contributed by atoms with Crippen LogP contribution in [0.1, 0.15) is 43.7 Å². The van der Waals surface area contributed by atoms with Crippen molar-refractivity contribution in [2.75, 3.05) is 37.8 Å². The summed E-state index contributed by atoms with van der Waals surface area (Å²) in [5, 5.41) is 0. The SMILES string of the molecule is CC(C)c1ccc2c(c1)CCCN2CCCS(=O)(=O)N(C)C. The molecule has 2 rings (SSSR count). The van der Waals surface area contributed by atoms with Crippen LogP contribution in [0, 0.1) is 0 Å². The molecule has 0 atom stereocenters. The van der Waals surface area contributed by atoms with Crippen LogP contribution < -0.4 is 4.90 Å². The normalized spacial score (nSPS) is 15.5. The lowest BCUT2D eigenvalue weighted by Gasteiger charge is -2.32. The molecule has 0 aliphatic carbocycles. The standard InChI is InChI=1S/C17H28N2O2S/c1-14(2)15-8-9-17-16(13-15)7-5-10-19(17)11-6-12-22(20,21)18(3)4/h8-9,13-14H,5-7,10-12H2,1-4H3. The second-order valence-corrected chi connectivity index (χ2v) is 8.89. The van der Waals surface area contributed by atoms with Gasteiger partial charge in [0.2, 0.25) is 10.0 Å². The Bertz CT molecular complexity index is 609. The molecule has 5 heteroatoms.